The van der Waals surface area contributed by atoms with E-state index in [2.05, 4.69) is 20.5 Å². The molecule has 1 aromatic carbocycles. The van der Waals surface area contributed by atoms with Gasteiger partial charge in [-0.05, 0) is 56.3 Å². The Balaban J connectivity index is 1.49. The van der Waals surface area contributed by atoms with Gasteiger partial charge in [-0.1, -0.05) is 6.42 Å². The normalized spacial score (nSPS) is 16.5. The minimum Gasteiger partial charge on any atom is -0.436 e. The Hall–Kier alpha value is -2.93. The van der Waals surface area contributed by atoms with Crippen molar-refractivity contribution in [3.8, 4) is 11.6 Å². The summed E-state index contributed by atoms with van der Waals surface area (Å²) in [4.78, 5) is 31.1. The van der Waals surface area contributed by atoms with Gasteiger partial charge in [-0.25, -0.2) is 4.98 Å². The molecule has 0 unspecified atom stereocenters. The van der Waals surface area contributed by atoms with Crippen molar-refractivity contribution < 1.29 is 14.3 Å². The predicted octanol–water partition coefficient (Wildman–Crippen LogP) is 2.86. The predicted molar refractivity (Wildman–Crippen MR) is 97.6 cm³/mol. The number of amides is 2. The summed E-state index contributed by atoms with van der Waals surface area (Å²) in [6.45, 7) is 2.29. The van der Waals surface area contributed by atoms with Gasteiger partial charge >= 0.3 is 0 Å². The molecule has 134 valence electrons. The Bertz CT molecular complexity index is 846. The number of fused-ring (bicyclic) bond motifs is 2. The van der Waals surface area contributed by atoms with E-state index in [0.29, 0.717) is 35.1 Å². The molecule has 0 atom stereocenters. The Morgan fingerprint density at radius 3 is 2.92 bits per heavy atom. The molecule has 7 heteroatoms. The van der Waals surface area contributed by atoms with Crippen LogP contribution in [0.15, 0.2) is 36.5 Å². The average Bonchev–Trinajstić information content (AvgIpc) is 2.78. The Labute approximate surface area is 151 Å². The van der Waals surface area contributed by atoms with E-state index in [9.17, 15) is 9.59 Å². The van der Waals surface area contributed by atoms with Crippen molar-refractivity contribution in [1.82, 2.24) is 9.88 Å². The zero-order chi connectivity index (χ0) is 17.9. The smallest absolute Gasteiger partial charge is 0.259 e. The van der Waals surface area contributed by atoms with E-state index in [1.807, 2.05) is 0 Å². The van der Waals surface area contributed by atoms with Crippen LogP contribution in [0.4, 0.5) is 11.4 Å². The Morgan fingerprint density at radius 1 is 1.23 bits per heavy atom. The molecule has 2 aliphatic heterocycles. The van der Waals surface area contributed by atoms with Gasteiger partial charge in [-0.3, -0.25) is 14.5 Å². The number of hydrogen-bond acceptors (Lipinski definition) is 5. The van der Waals surface area contributed by atoms with Gasteiger partial charge in [-0.2, -0.15) is 0 Å². The summed E-state index contributed by atoms with van der Waals surface area (Å²) in [5, 5.41) is 5.65. The highest BCUT2D eigenvalue weighted by Crippen LogP contribution is 2.34. The van der Waals surface area contributed by atoms with Crippen LogP contribution in [-0.4, -0.2) is 41.3 Å². The molecule has 1 aromatic heterocycles. The standard InChI is InChI=1S/C19H20N4O3/c24-17(12-23-9-2-1-3-10-23)21-13-6-7-16-14(11-13)18(25)22-15-5-4-8-20-19(15)26-16/h4-8,11H,1-3,9-10,12H2,(H,21,24)(H,22,25). The molecule has 3 heterocycles. The van der Waals surface area contributed by atoms with Crippen molar-refractivity contribution in [1.29, 1.82) is 0 Å². The quantitative estimate of drug-likeness (QED) is 0.887. The molecule has 2 aromatic rings. The van der Waals surface area contributed by atoms with Crippen molar-refractivity contribution in [2.45, 2.75) is 19.3 Å². The molecular formula is C19H20N4O3. The van der Waals surface area contributed by atoms with Crippen molar-refractivity contribution in [3.63, 3.8) is 0 Å². The topological polar surface area (TPSA) is 83.6 Å². The molecule has 2 aliphatic rings. The largest absolute Gasteiger partial charge is 0.436 e. The van der Waals surface area contributed by atoms with Crippen LogP contribution in [0.3, 0.4) is 0 Å². The highest BCUT2D eigenvalue weighted by molar-refractivity contribution is 6.08. The number of benzene rings is 1. The molecule has 7 nitrogen and oxygen atoms in total. The number of likely N-dealkylation sites (tertiary alicyclic amines) is 1. The third-order valence-electron chi connectivity index (χ3n) is 4.55. The van der Waals surface area contributed by atoms with Crippen LogP contribution in [0, 0.1) is 0 Å². The molecule has 2 N–H and O–H groups in total. The van der Waals surface area contributed by atoms with Gasteiger partial charge in [0.2, 0.25) is 11.8 Å². The number of rotatable bonds is 3. The average molecular weight is 352 g/mol. The number of nitrogens with one attached hydrogen (secondary N) is 2. The van der Waals surface area contributed by atoms with Crippen LogP contribution in [-0.2, 0) is 4.79 Å². The zero-order valence-corrected chi connectivity index (χ0v) is 14.3. The van der Waals surface area contributed by atoms with Crippen molar-refractivity contribution in [2.24, 2.45) is 0 Å². The summed E-state index contributed by atoms with van der Waals surface area (Å²) >= 11 is 0. The van der Waals surface area contributed by atoms with Crippen LogP contribution in [0.25, 0.3) is 0 Å². The first-order valence-corrected chi connectivity index (χ1v) is 8.79. The highest BCUT2D eigenvalue weighted by atomic mass is 16.5. The van der Waals surface area contributed by atoms with Crippen molar-refractivity contribution in [3.05, 3.63) is 42.1 Å². The van der Waals surface area contributed by atoms with Crippen LogP contribution >= 0.6 is 0 Å². The fourth-order valence-electron chi connectivity index (χ4n) is 3.26. The number of aromatic nitrogens is 1. The fraction of sp³-hybridized carbons (Fsp3) is 0.316. The van der Waals surface area contributed by atoms with Crippen LogP contribution < -0.4 is 15.4 Å². The fourth-order valence-corrected chi connectivity index (χ4v) is 3.26. The molecule has 4 rings (SSSR count). The van der Waals surface area contributed by atoms with Gasteiger partial charge < -0.3 is 15.4 Å². The first kappa shape index (κ1) is 16.5. The molecule has 2 amide bonds. The van der Waals surface area contributed by atoms with Gasteiger partial charge in [0.15, 0.2) is 0 Å². The van der Waals surface area contributed by atoms with Gasteiger partial charge in [0.05, 0.1) is 12.1 Å². The summed E-state index contributed by atoms with van der Waals surface area (Å²) in [7, 11) is 0. The number of nitrogens with zero attached hydrogens (tertiary/aromatic N) is 2. The van der Waals surface area contributed by atoms with Gasteiger partial charge in [-0.15, -0.1) is 0 Å². The maximum absolute atomic E-state index is 12.5. The maximum Gasteiger partial charge on any atom is 0.259 e. The van der Waals surface area contributed by atoms with E-state index < -0.39 is 0 Å². The number of piperidine rings is 1. The molecule has 1 fully saturated rings. The van der Waals surface area contributed by atoms with Crippen LogP contribution in [0.2, 0.25) is 0 Å². The molecular weight excluding hydrogens is 332 g/mol. The molecule has 1 saturated heterocycles. The third-order valence-corrected chi connectivity index (χ3v) is 4.55. The van der Waals surface area contributed by atoms with E-state index in [0.717, 1.165) is 25.9 Å². The SMILES string of the molecule is O=C(CN1CCCCC1)Nc1ccc2c(c1)C(=O)Nc1cccnc1O2. The second-order valence-electron chi connectivity index (χ2n) is 6.51. The number of carbonyl (C=O) groups is 2. The van der Waals surface area contributed by atoms with Crippen LogP contribution in [0.1, 0.15) is 29.6 Å². The second-order valence-corrected chi connectivity index (χ2v) is 6.51. The van der Waals surface area contributed by atoms with Crippen LogP contribution in [0.5, 0.6) is 11.6 Å². The zero-order valence-electron chi connectivity index (χ0n) is 14.3. The number of anilines is 2. The maximum atomic E-state index is 12.5. The minimum absolute atomic E-state index is 0.0771. The van der Waals surface area contributed by atoms with E-state index in [-0.39, 0.29) is 11.8 Å². The Morgan fingerprint density at radius 2 is 2.08 bits per heavy atom. The molecule has 0 aliphatic carbocycles. The minimum atomic E-state index is -0.293. The lowest BCUT2D eigenvalue weighted by atomic mass is 10.1. The van der Waals surface area contributed by atoms with Gasteiger partial charge in [0.25, 0.3) is 5.91 Å². The highest BCUT2D eigenvalue weighted by Gasteiger charge is 2.22. The van der Waals surface area contributed by atoms with E-state index in [1.165, 1.54) is 6.42 Å². The summed E-state index contributed by atoms with van der Waals surface area (Å²) in [6.07, 6.45) is 5.11. The number of ether oxygens (including phenoxy) is 1. The second kappa shape index (κ2) is 7.13. The number of pyridine rings is 1. The number of carbonyl (C=O) groups excluding carboxylic acids is 2. The van der Waals surface area contributed by atoms with E-state index >= 15 is 0 Å². The summed E-state index contributed by atoms with van der Waals surface area (Å²) < 4.78 is 5.74. The van der Waals surface area contributed by atoms with Crippen molar-refractivity contribution in [2.75, 3.05) is 30.3 Å². The molecule has 0 saturated carbocycles. The van der Waals surface area contributed by atoms with Gasteiger partial charge in [0.1, 0.15) is 11.4 Å². The molecule has 0 bridgehead atoms. The third kappa shape index (κ3) is 3.52. The lowest BCUT2D eigenvalue weighted by Crippen LogP contribution is -2.36. The first-order valence-electron chi connectivity index (χ1n) is 8.79. The van der Waals surface area contributed by atoms with E-state index in [1.54, 1.807) is 36.5 Å². The summed E-state index contributed by atoms with van der Waals surface area (Å²) in [5.41, 5.74) is 1.45. The lowest BCUT2D eigenvalue weighted by molar-refractivity contribution is -0.117. The summed E-state index contributed by atoms with van der Waals surface area (Å²) in [5.74, 6) is 0.390. The monoisotopic (exact) mass is 352 g/mol. The van der Waals surface area contributed by atoms with Crippen molar-refractivity contribution >= 4 is 23.2 Å². The lowest BCUT2D eigenvalue weighted by Gasteiger charge is -2.25. The van der Waals surface area contributed by atoms with E-state index in [4.69, 9.17) is 4.74 Å². The summed E-state index contributed by atoms with van der Waals surface area (Å²) in [6, 6.07) is 8.49. The Kier molecular flexibility index (Phi) is 4.53. The molecule has 26 heavy (non-hydrogen) atoms. The molecule has 0 spiro atoms. The first-order chi connectivity index (χ1) is 12.7. The number of hydrogen-bond donors (Lipinski definition) is 2. The molecule has 0 radical (unpaired) electrons. The van der Waals surface area contributed by atoms with Gasteiger partial charge in [0, 0.05) is 11.9 Å².